The number of carbonyl (C=O) groups is 1. The monoisotopic (exact) mass is 309 g/mol. The van der Waals surface area contributed by atoms with E-state index in [1.807, 2.05) is 12.3 Å². The van der Waals surface area contributed by atoms with Gasteiger partial charge in [0.05, 0.1) is 6.42 Å². The summed E-state index contributed by atoms with van der Waals surface area (Å²) in [5, 5.41) is 2.99. The van der Waals surface area contributed by atoms with E-state index in [0.717, 1.165) is 23.5 Å². The van der Waals surface area contributed by atoms with Crippen LogP contribution in [-0.4, -0.2) is 10.8 Å². The van der Waals surface area contributed by atoms with Gasteiger partial charge < -0.3 is 0 Å². The topological polar surface area (TPSA) is 30.0 Å². The van der Waals surface area contributed by atoms with Gasteiger partial charge in [-0.15, -0.1) is 11.3 Å². The maximum absolute atomic E-state index is 11.8. The minimum atomic E-state index is 0.351. The second-order valence-electron chi connectivity index (χ2n) is 6.03. The molecule has 2 nitrogen and oxygen atoms in total. The molecule has 0 saturated carbocycles. The van der Waals surface area contributed by atoms with E-state index in [2.05, 4.69) is 11.9 Å². The van der Waals surface area contributed by atoms with Crippen molar-refractivity contribution in [2.75, 3.05) is 0 Å². The molecule has 0 N–H and O–H groups in total. The molecule has 0 bridgehead atoms. The number of thiazole rings is 1. The zero-order chi connectivity index (χ0) is 15.3. The largest absolute Gasteiger partial charge is 0.299 e. The lowest BCUT2D eigenvalue weighted by molar-refractivity contribution is -0.118. The maximum Gasteiger partial charge on any atom is 0.139 e. The van der Waals surface area contributed by atoms with Crippen molar-refractivity contribution in [2.24, 2.45) is 0 Å². The van der Waals surface area contributed by atoms with E-state index >= 15 is 0 Å². The Morgan fingerprint density at radius 2 is 1.57 bits per heavy atom. The number of nitrogens with zero attached hydrogens (tertiary/aromatic N) is 1. The van der Waals surface area contributed by atoms with Gasteiger partial charge in [0.1, 0.15) is 10.8 Å². The molecule has 1 rings (SSSR count). The second-order valence-corrected chi connectivity index (χ2v) is 6.97. The number of aryl methyl sites for hydroxylation is 1. The lowest BCUT2D eigenvalue weighted by atomic mass is 10.0. The molecule has 3 heteroatoms. The predicted octanol–water partition coefficient (Wildman–Crippen LogP) is 5.87. The van der Waals surface area contributed by atoms with Crippen molar-refractivity contribution in [1.29, 1.82) is 0 Å². The molecule has 0 fully saturated rings. The predicted molar refractivity (Wildman–Crippen MR) is 92.0 cm³/mol. The van der Waals surface area contributed by atoms with Crippen LogP contribution in [0.4, 0.5) is 0 Å². The van der Waals surface area contributed by atoms with Gasteiger partial charge in [0.15, 0.2) is 0 Å². The number of hydrogen-bond donors (Lipinski definition) is 0. The maximum atomic E-state index is 11.8. The number of ketones is 1. The summed E-state index contributed by atoms with van der Waals surface area (Å²) in [6, 6.07) is 0. The molecular weight excluding hydrogens is 278 g/mol. The lowest BCUT2D eigenvalue weighted by Gasteiger charge is -2.02. The van der Waals surface area contributed by atoms with Gasteiger partial charge in [0, 0.05) is 17.5 Å². The SMILES string of the molecule is CCCCCCCCCCCCC(=O)Cc1nc(C)cs1. The van der Waals surface area contributed by atoms with Crippen LogP contribution >= 0.6 is 11.3 Å². The van der Waals surface area contributed by atoms with Crippen molar-refractivity contribution in [3.63, 3.8) is 0 Å². The van der Waals surface area contributed by atoms with E-state index in [1.165, 1.54) is 57.8 Å². The molecule has 21 heavy (non-hydrogen) atoms. The van der Waals surface area contributed by atoms with Crippen molar-refractivity contribution in [3.8, 4) is 0 Å². The third-order valence-electron chi connectivity index (χ3n) is 3.82. The third-order valence-corrected chi connectivity index (χ3v) is 4.79. The quantitative estimate of drug-likeness (QED) is 0.426. The fourth-order valence-corrected chi connectivity index (χ4v) is 3.35. The molecule has 120 valence electrons. The normalized spacial score (nSPS) is 11.0. The fraction of sp³-hybridized carbons (Fsp3) is 0.778. The third kappa shape index (κ3) is 9.78. The number of unbranched alkanes of at least 4 members (excludes halogenated alkanes) is 9. The van der Waals surface area contributed by atoms with Crippen LogP contribution in [0.2, 0.25) is 0 Å². The summed E-state index contributed by atoms with van der Waals surface area (Å²) in [6.07, 6.45) is 14.4. The average molecular weight is 310 g/mol. The summed E-state index contributed by atoms with van der Waals surface area (Å²) in [7, 11) is 0. The van der Waals surface area contributed by atoms with Gasteiger partial charge in [0.2, 0.25) is 0 Å². The van der Waals surface area contributed by atoms with Gasteiger partial charge in [-0.1, -0.05) is 64.7 Å². The number of Topliss-reactive ketones (excluding diaryl/α,β-unsaturated/α-hetero) is 1. The van der Waals surface area contributed by atoms with Crippen LogP contribution in [0.3, 0.4) is 0 Å². The van der Waals surface area contributed by atoms with E-state index in [0.29, 0.717) is 12.2 Å². The first-order valence-electron chi connectivity index (χ1n) is 8.65. The number of carbonyl (C=O) groups excluding carboxylic acids is 1. The zero-order valence-electron chi connectivity index (χ0n) is 13.8. The summed E-state index contributed by atoms with van der Waals surface area (Å²) in [4.78, 5) is 16.2. The van der Waals surface area contributed by atoms with Crippen LogP contribution in [0, 0.1) is 6.92 Å². The minimum Gasteiger partial charge on any atom is -0.299 e. The molecule has 0 aliphatic carbocycles. The smallest absolute Gasteiger partial charge is 0.139 e. The first kappa shape index (κ1) is 18.3. The van der Waals surface area contributed by atoms with Crippen LogP contribution in [0.25, 0.3) is 0 Å². The minimum absolute atomic E-state index is 0.351. The van der Waals surface area contributed by atoms with Crippen LogP contribution < -0.4 is 0 Å². The van der Waals surface area contributed by atoms with E-state index in [9.17, 15) is 4.79 Å². The molecule has 0 atom stereocenters. The molecule has 0 unspecified atom stereocenters. The number of aromatic nitrogens is 1. The summed E-state index contributed by atoms with van der Waals surface area (Å²) in [5.74, 6) is 0.351. The summed E-state index contributed by atoms with van der Waals surface area (Å²) in [5.41, 5.74) is 1.03. The summed E-state index contributed by atoms with van der Waals surface area (Å²) >= 11 is 1.60. The summed E-state index contributed by atoms with van der Waals surface area (Å²) < 4.78 is 0. The van der Waals surface area contributed by atoms with E-state index < -0.39 is 0 Å². The van der Waals surface area contributed by atoms with Gasteiger partial charge in [-0.2, -0.15) is 0 Å². The Morgan fingerprint density at radius 3 is 2.10 bits per heavy atom. The Hall–Kier alpha value is -0.700. The van der Waals surface area contributed by atoms with Crippen molar-refractivity contribution in [2.45, 2.75) is 90.9 Å². The molecule has 1 aromatic rings. The molecule has 1 aromatic heterocycles. The van der Waals surface area contributed by atoms with Crippen LogP contribution in [-0.2, 0) is 11.2 Å². The Bertz CT molecular complexity index is 386. The van der Waals surface area contributed by atoms with Crippen LogP contribution in [0.15, 0.2) is 5.38 Å². The Kier molecular flexibility index (Phi) is 10.4. The highest BCUT2D eigenvalue weighted by molar-refractivity contribution is 7.09. The first-order valence-corrected chi connectivity index (χ1v) is 9.53. The standard InChI is InChI=1S/C18H31NOS/c1-3-4-5-6-7-8-9-10-11-12-13-17(20)14-18-19-16(2)15-21-18/h15H,3-14H2,1-2H3. The highest BCUT2D eigenvalue weighted by atomic mass is 32.1. The van der Waals surface area contributed by atoms with Crippen molar-refractivity contribution >= 4 is 17.1 Å². The molecule has 0 aromatic carbocycles. The Balaban J connectivity index is 1.88. The van der Waals surface area contributed by atoms with Gasteiger partial charge in [0.25, 0.3) is 0 Å². The van der Waals surface area contributed by atoms with Crippen molar-refractivity contribution in [3.05, 3.63) is 16.1 Å². The number of rotatable bonds is 13. The second kappa shape index (κ2) is 11.9. The molecule has 0 aliphatic heterocycles. The first-order chi connectivity index (χ1) is 10.2. The van der Waals surface area contributed by atoms with Gasteiger partial charge in [-0.25, -0.2) is 4.98 Å². The van der Waals surface area contributed by atoms with E-state index in [4.69, 9.17) is 0 Å². The molecular formula is C18H31NOS. The summed E-state index contributed by atoms with van der Waals surface area (Å²) in [6.45, 7) is 4.24. The highest BCUT2D eigenvalue weighted by Gasteiger charge is 2.06. The highest BCUT2D eigenvalue weighted by Crippen LogP contribution is 2.13. The average Bonchev–Trinajstić information content (AvgIpc) is 2.86. The Labute approximate surface area is 134 Å². The van der Waals surface area contributed by atoms with Crippen molar-refractivity contribution in [1.82, 2.24) is 4.98 Å². The Morgan fingerprint density at radius 1 is 1.00 bits per heavy atom. The van der Waals surface area contributed by atoms with Gasteiger partial charge in [-0.05, 0) is 13.3 Å². The molecule has 0 amide bonds. The van der Waals surface area contributed by atoms with Crippen LogP contribution in [0.1, 0.15) is 88.3 Å². The molecule has 0 radical (unpaired) electrons. The zero-order valence-corrected chi connectivity index (χ0v) is 14.6. The molecule has 0 aliphatic rings. The number of hydrogen-bond acceptors (Lipinski definition) is 3. The van der Waals surface area contributed by atoms with Gasteiger partial charge in [-0.3, -0.25) is 4.79 Å². The van der Waals surface area contributed by atoms with E-state index in [-0.39, 0.29) is 0 Å². The van der Waals surface area contributed by atoms with Gasteiger partial charge >= 0.3 is 0 Å². The molecule has 1 heterocycles. The van der Waals surface area contributed by atoms with Crippen molar-refractivity contribution < 1.29 is 4.79 Å². The van der Waals surface area contributed by atoms with Crippen LogP contribution in [0.5, 0.6) is 0 Å². The molecule has 0 saturated heterocycles. The molecule has 0 spiro atoms. The lowest BCUT2D eigenvalue weighted by Crippen LogP contribution is -2.02. The fourth-order valence-electron chi connectivity index (χ4n) is 2.55. The van der Waals surface area contributed by atoms with E-state index in [1.54, 1.807) is 11.3 Å².